The number of nitrogens with zero attached hydrogens (tertiary/aromatic N) is 5. The molecule has 2 N–H and O–H groups in total. The van der Waals surface area contributed by atoms with Crippen molar-refractivity contribution in [2.24, 2.45) is 5.92 Å². The molecule has 2 aromatic rings. The van der Waals surface area contributed by atoms with Crippen LogP contribution in [0.1, 0.15) is 62.8 Å². The third-order valence-electron chi connectivity index (χ3n) is 7.79. The van der Waals surface area contributed by atoms with Crippen LogP contribution in [-0.4, -0.2) is 52.5 Å². The summed E-state index contributed by atoms with van der Waals surface area (Å²) in [7, 11) is 0. The van der Waals surface area contributed by atoms with Crippen LogP contribution >= 0.6 is 0 Å². The molecule has 0 bridgehead atoms. The quantitative estimate of drug-likeness (QED) is 0.621. The van der Waals surface area contributed by atoms with Crippen molar-refractivity contribution in [2.75, 3.05) is 36.5 Å². The predicted octanol–water partition coefficient (Wildman–Crippen LogP) is 3.23. The zero-order valence-corrected chi connectivity index (χ0v) is 22.0. The molecule has 2 aliphatic heterocycles. The molecule has 0 aliphatic carbocycles. The number of anilines is 2. The fourth-order valence-corrected chi connectivity index (χ4v) is 5.57. The largest absolute Gasteiger partial charge is 0.394 e. The van der Waals surface area contributed by atoms with E-state index < -0.39 is 0 Å². The number of nitrogens with one attached hydrogen (secondary N) is 1. The zero-order chi connectivity index (χ0) is 25.8. The van der Waals surface area contributed by atoms with E-state index in [9.17, 15) is 10.4 Å². The van der Waals surface area contributed by atoms with Crippen LogP contribution in [0.4, 0.5) is 11.6 Å². The van der Waals surface area contributed by atoms with Gasteiger partial charge in [0.05, 0.1) is 30.3 Å². The summed E-state index contributed by atoms with van der Waals surface area (Å²) in [4.78, 5) is 4.53. The molecule has 2 aliphatic rings. The number of aliphatic hydroxyl groups excluding tert-OH is 1. The molecule has 1 aromatic carbocycles. The van der Waals surface area contributed by atoms with E-state index in [2.05, 4.69) is 64.0 Å². The van der Waals surface area contributed by atoms with Crippen molar-refractivity contribution in [3.63, 3.8) is 0 Å². The first-order valence-corrected chi connectivity index (χ1v) is 13.0. The topological polar surface area (TPSA) is 88.3 Å². The molecule has 3 heterocycles. The Morgan fingerprint density at radius 2 is 2.03 bits per heavy atom. The SMILES string of the molecule is C=C(/C=c1/c(N[C@H](C)c2cccc(C#N)c2C)nnc(N2CCCC2)/c1=C/C)N1CCC(C)[C@@H]1CO. The van der Waals surface area contributed by atoms with Gasteiger partial charge in [0.2, 0.25) is 0 Å². The average molecular weight is 487 g/mol. The summed E-state index contributed by atoms with van der Waals surface area (Å²) >= 11 is 0. The molecular weight excluding hydrogens is 448 g/mol. The molecule has 7 heteroatoms. The van der Waals surface area contributed by atoms with Gasteiger partial charge in [-0.15, -0.1) is 10.2 Å². The Balaban J connectivity index is 1.80. The van der Waals surface area contributed by atoms with Gasteiger partial charge in [-0.05, 0) is 69.2 Å². The molecule has 4 rings (SSSR count). The lowest BCUT2D eigenvalue weighted by Crippen LogP contribution is -2.39. The van der Waals surface area contributed by atoms with E-state index in [1.165, 1.54) is 0 Å². The summed E-state index contributed by atoms with van der Waals surface area (Å²) in [5.41, 5.74) is 3.58. The highest BCUT2D eigenvalue weighted by Crippen LogP contribution is 2.27. The maximum absolute atomic E-state index is 10.0. The minimum Gasteiger partial charge on any atom is -0.394 e. The Labute approximate surface area is 214 Å². The van der Waals surface area contributed by atoms with Gasteiger partial charge in [-0.3, -0.25) is 0 Å². The van der Waals surface area contributed by atoms with Crippen molar-refractivity contribution in [3.8, 4) is 6.07 Å². The van der Waals surface area contributed by atoms with Gasteiger partial charge in [0.1, 0.15) is 0 Å². The second-order valence-corrected chi connectivity index (χ2v) is 10.0. The summed E-state index contributed by atoms with van der Waals surface area (Å²) in [6.07, 6.45) is 7.56. The predicted molar refractivity (Wildman–Crippen MR) is 146 cm³/mol. The minimum absolute atomic E-state index is 0.0716. The first-order chi connectivity index (χ1) is 17.4. The van der Waals surface area contributed by atoms with Crippen molar-refractivity contribution >= 4 is 23.8 Å². The van der Waals surface area contributed by atoms with Gasteiger partial charge in [0.25, 0.3) is 0 Å². The number of benzene rings is 1. The van der Waals surface area contributed by atoms with Crippen molar-refractivity contribution in [1.29, 1.82) is 5.26 Å². The van der Waals surface area contributed by atoms with Crippen LogP contribution in [0.3, 0.4) is 0 Å². The third kappa shape index (κ3) is 4.96. The summed E-state index contributed by atoms with van der Waals surface area (Å²) in [5.74, 6) is 2.01. The molecule has 7 nitrogen and oxygen atoms in total. The molecule has 0 amide bonds. The zero-order valence-electron chi connectivity index (χ0n) is 22.0. The molecule has 190 valence electrons. The van der Waals surface area contributed by atoms with Gasteiger partial charge in [0, 0.05) is 35.8 Å². The van der Waals surface area contributed by atoms with E-state index in [4.69, 9.17) is 0 Å². The van der Waals surface area contributed by atoms with Gasteiger partial charge >= 0.3 is 0 Å². The van der Waals surface area contributed by atoms with E-state index in [0.29, 0.717) is 17.3 Å². The fourth-order valence-electron chi connectivity index (χ4n) is 5.57. The number of allylic oxidation sites excluding steroid dienone is 1. The minimum atomic E-state index is -0.0765. The molecule has 2 saturated heterocycles. The highest BCUT2D eigenvalue weighted by Gasteiger charge is 2.30. The van der Waals surface area contributed by atoms with Gasteiger partial charge < -0.3 is 20.2 Å². The normalized spacial score (nSPS) is 21.7. The average Bonchev–Trinajstić information content (AvgIpc) is 3.54. The first kappa shape index (κ1) is 25.7. The molecule has 2 fully saturated rings. The van der Waals surface area contributed by atoms with Crippen molar-refractivity contribution in [1.82, 2.24) is 15.1 Å². The summed E-state index contributed by atoms with van der Waals surface area (Å²) in [6, 6.07) is 8.09. The van der Waals surface area contributed by atoms with Gasteiger partial charge in [-0.2, -0.15) is 5.26 Å². The number of rotatable bonds is 7. The lowest BCUT2D eigenvalue weighted by Gasteiger charge is -2.28. The van der Waals surface area contributed by atoms with Crippen LogP contribution in [0.25, 0.3) is 12.2 Å². The smallest absolute Gasteiger partial charge is 0.158 e. The Morgan fingerprint density at radius 1 is 1.28 bits per heavy atom. The Morgan fingerprint density at radius 3 is 2.69 bits per heavy atom. The Bertz CT molecular complexity index is 1270. The van der Waals surface area contributed by atoms with Crippen LogP contribution in [0.5, 0.6) is 0 Å². The van der Waals surface area contributed by atoms with E-state index in [0.717, 1.165) is 72.0 Å². The van der Waals surface area contributed by atoms with Crippen molar-refractivity contribution in [2.45, 2.75) is 59.0 Å². The molecule has 0 saturated carbocycles. The van der Waals surface area contributed by atoms with Crippen LogP contribution in [-0.2, 0) is 0 Å². The maximum atomic E-state index is 10.0. The van der Waals surface area contributed by atoms with Crippen LogP contribution in [0.15, 0.2) is 30.5 Å². The Hall–Kier alpha value is -3.37. The molecule has 0 radical (unpaired) electrons. The molecule has 1 unspecified atom stereocenters. The number of hydrogen-bond acceptors (Lipinski definition) is 7. The van der Waals surface area contributed by atoms with Crippen molar-refractivity contribution in [3.05, 3.63) is 57.6 Å². The second-order valence-electron chi connectivity index (χ2n) is 10.0. The number of aliphatic hydroxyl groups is 1. The van der Waals surface area contributed by atoms with Gasteiger partial charge in [0.15, 0.2) is 11.6 Å². The highest BCUT2D eigenvalue weighted by molar-refractivity contribution is 5.59. The van der Waals surface area contributed by atoms with Crippen LogP contribution in [0.2, 0.25) is 0 Å². The van der Waals surface area contributed by atoms with Gasteiger partial charge in [-0.1, -0.05) is 31.7 Å². The Kier molecular flexibility index (Phi) is 7.95. The fraction of sp³-hybridized carbons (Fsp3) is 0.483. The van der Waals surface area contributed by atoms with E-state index in [1.807, 2.05) is 32.0 Å². The highest BCUT2D eigenvalue weighted by atomic mass is 16.3. The summed E-state index contributed by atoms with van der Waals surface area (Å²) in [6.45, 7) is 15.7. The van der Waals surface area contributed by atoms with E-state index in [1.54, 1.807) is 0 Å². The monoisotopic (exact) mass is 486 g/mol. The first-order valence-electron chi connectivity index (χ1n) is 13.0. The van der Waals surface area contributed by atoms with E-state index in [-0.39, 0.29) is 18.7 Å². The summed E-state index contributed by atoms with van der Waals surface area (Å²) < 4.78 is 0. The number of likely N-dealkylation sites (tertiary alicyclic amines) is 1. The molecule has 36 heavy (non-hydrogen) atoms. The number of nitriles is 1. The second kappa shape index (κ2) is 11.1. The van der Waals surface area contributed by atoms with Crippen molar-refractivity contribution < 1.29 is 5.11 Å². The third-order valence-corrected chi connectivity index (χ3v) is 7.79. The lowest BCUT2D eigenvalue weighted by molar-refractivity contribution is 0.169. The lowest BCUT2D eigenvalue weighted by atomic mass is 9.98. The molecule has 1 aromatic heterocycles. The molecular formula is C29H38N6O. The van der Waals surface area contributed by atoms with Gasteiger partial charge in [-0.25, -0.2) is 0 Å². The summed E-state index contributed by atoms with van der Waals surface area (Å²) in [5, 5.41) is 34.4. The van der Waals surface area contributed by atoms with Crippen LogP contribution in [0, 0.1) is 24.2 Å². The standard InChI is InChI=1S/C29H38N6O/c1-6-24-26(16-20(3)35-15-12-19(2)27(35)18-36)28(32-33-29(24)34-13-7-8-14-34)31-22(5)25-11-9-10-23(17-30)21(25)4/h6,9-11,16,19,22,27,36H,3,7-8,12-15,18H2,1-2,4-5H3,(H,31,32)/b24-6+,26-16+/t19?,22-,27+/m1/s1. The number of hydrogen-bond donors (Lipinski definition) is 2. The van der Waals surface area contributed by atoms with E-state index >= 15 is 0 Å². The molecule has 3 atom stereocenters. The molecule has 0 spiro atoms. The maximum Gasteiger partial charge on any atom is 0.158 e. The number of aromatic nitrogens is 2. The van der Waals surface area contributed by atoms with Crippen LogP contribution < -0.4 is 20.7 Å².